The van der Waals surface area contributed by atoms with Gasteiger partial charge in [0.2, 0.25) is 6.39 Å². The van der Waals surface area contributed by atoms with Gasteiger partial charge in [0.25, 0.3) is 0 Å². The molecule has 0 radical (unpaired) electrons. The van der Waals surface area contributed by atoms with Crippen molar-refractivity contribution in [3.63, 3.8) is 0 Å². The molecule has 3 rings (SSSR count). The summed E-state index contributed by atoms with van der Waals surface area (Å²) in [6, 6.07) is 11.3. The van der Waals surface area contributed by atoms with E-state index in [0.717, 1.165) is 31.9 Å². The summed E-state index contributed by atoms with van der Waals surface area (Å²) in [6.45, 7) is 4.18. The zero-order chi connectivity index (χ0) is 14.3. The summed E-state index contributed by atoms with van der Waals surface area (Å²) < 4.78 is 4.74. The molecule has 0 spiro atoms. The quantitative estimate of drug-likeness (QED) is 0.878. The first-order valence-corrected chi connectivity index (χ1v) is 7.65. The molecule has 0 bridgehead atoms. The Bertz CT molecular complexity index is 506. The molecule has 1 fully saturated rings. The van der Waals surface area contributed by atoms with Crippen LogP contribution < -0.4 is 5.32 Å². The van der Waals surface area contributed by atoms with Crippen LogP contribution in [0.2, 0.25) is 0 Å². The number of nitrogens with zero attached hydrogens (tertiary/aromatic N) is 3. The molecule has 1 aliphatic heterocycles. The molecule has 1 aliphatic rings. The number of aromatic nitrogens is 2. The molecular formula is C16H22N4O. The number of benzene rings is 1. The fourth-order valence-corrected chi connectivity index (χ4v) is 2.80. The molecule has 21 heavy (non-hydrogen) atoms. The van der Waals surface area contributed by atoms with Crippen molar-refractivity contribution in [2.24, 2.45) is 0 Å². The van der Waals surface area contributed by atoms with Gasteiger partial charge in [-0.2, -0.15) is 4.98 Å². The molecule has 0 aliphatic carbocycles. The third kappa shape index (κ3) is 4.37. The van der Waals surface area contributed by atoms with E-state index in [4.69, 9.17) is 4.52 Å². The summed E-state index contributed by atoms with van der Waals surface area (Å²) in [6.07, 6.45) is 4.89. The van der Waals surface area contributed by atoms with Gasteiger partial charge in [0.05, 0.1) is 6.54 Å². The lowest BCUT2D eigenvalue weighted by molar-refractivity contribution is 0.198. The van der Waals surface area contributed by atoms with Crippen LogP contribution in [-0.2, 0) is 13.0 Å². The van der Waals surface area contributed by atoms with Crippen molar-refractivity contribution < 1.29 is 4.52 Å². The van der Waals surface area contributed by atoms with Gasteiger partial charge in [0.15, 0.2) is 5.82 Å². The summed E-state index contributed by atoms with van der Waals surface area (Å²) in [5.41, 5.74) is 1.43. The van der Waals surface area contributed by atoms with E-state index in [-0.39, 0.29) is 0 Å². The van der Waals surface area contributed by atoms with E-state index >= 15 is 0 Å². The fraction of sp³-hybridized carbons (Fsp3) is 0.500. The molecule has 0 saturated carbocycles. The number of nitrogens with one attached hydrogen (secondary N) is 1. The predicted molar refractivity (Wildman–Crippen MR) is 80.7 cm³/mol. The van der Waals surface area contributed by atoms with Gasteiger partial charge < -0.3 is 14.7 Å². The second-order valence-corrected chi connectivity index (χ2v) is 5.58. The van der Waals surface area contributed by atoms with Crippen LogP contribution in [0.3, 0.4) is 0 Å². The SMILES string of the molecule is c1ccc(CCN2CCC(NCc3ncon3)CC2)cc1. The van der Waals surface area contributed by atoms with Crippen LogP contribution in [0.25, 0.3) is 0 Å². The second-order valence-electron chi connectivity index (χ2n) is 5.58. The van der Waals surface area contributed by atoms with Crippen molar-refractivity contribution >= 4 is 0 Å². The van der Waals surface area contributed by atoms with Crippen LogP contribution >= 0.6 is 0 Å². The van der Waals surface area contributed by atoms with Gasteiger partial charge in [-0.3, -0.25) is 0 Å². The zero-order valence-electron chi connectivity index (χ0n) is 12.2. The van der Waals surface area contributed by atoms with E-state index in [9.17, 15) is 0 Å². The third-order valence-corrected chi connectivity index (χ3v) is 4.10. The Hall–Kier alpha value is -1.72. The molecule has 1 N–H and O–H groups in total. The normalized spacial score (nSPS) is 17.1. The van der Waals surface area contributed by atoms with Crippen molar-refractivity contribution in [1.29, 1.82) is 0 Å². The van der Waals surface area contributed by atoms with Crippen LogP contribution in [0.5, 0.6) is 0 Å². The van der Waals surface area contributed by atoms with E-state index < -0.39 is 0 Å². The lowest BCUT2D eigenvalue weighted by atomic mass is 10.0. The molecule has 0 amide bonds. The van der Waals surface area contributed by atoms with Crippen LogP contribution in [0.4, 0.5) is 0 Å². The van der Waals surface area contributed by atoms with Crippen LogP contribution in [-0.4, -0.2) is 40.7 Å². The fourth-order valence-electron chi connectivity index (χ4n) is 2.80. The Morgan fingerprint density at radius 1 is 1.19 bits per heavy atom. The van der Waals surface area contributed by atoms with Gasteiger partial charge in [-0.15, -0.1) is 0 Å². The minimum Gasteiger partial charge on any atom is -0.343 e. The largest absolute Gasteiger partial charge is 0.343 e. The monoisotopic (exact) mass is 286 g/mol. The molecule has 5 heteroatoms. The molecule has 5 nitrogen and oxygen atoms in total. The standard InChI is InChI=1S/C16H22N4O/c1-2-4-14(5-3-1)6-9-20-10-7-15(8-11-20)17-12-16-18-13-21-19-16/h1-5,13,15,17H,6-12H2. The van der Waals surface area contributed by atoms with E-state index in [0.29, 0.717) is 12.6 Å². The molecule has 1 aromatic heterocycles. The van der Waals surface area contributed by atoms with Gasteiger partial charge in [-0.05, 0) is 37.9 Å². The first kappa shape index (κ1) is 14.2. The lowest BCUT2D eigenvalue weighted by Gasteiger charge is -2.32. The zero-order valence-corrected chi connectivity index (χ0v) is 12.2. The Balaban J connectivity index is 1.35. The minimum absolute atomic E-state index is 0.566. The predicted octanol–water partition coefficient (Wildman–Crippen LogP) is 1.87. The van der Waals surface area contributed by atoms with Gasteiger partial charge in [-0.1, -0.05) is 35.5 Å². The summed E-state index contributed by atoms with van der Waals surface area (Å²) in [5.74, 6) is 0.738. The smallest absolute Gasteiger partial charge is 0.213 e. The van der Waals surface area contributed by atoms with Crippen LogP contribution in [0.1, 0.15) is 24.2 Å². The lowest BCUT2D eigenvalue weighted by Crippen LogP contribution is -2.42. The molecule has 2 heterocycles. The minimum atomic E-state index is 0.566. The Morgan fingerprint density at radius 2 is 2.00 bits per heavy atom. The molecule has 2 aromatic rings. The number of hydrogen-bond donors (Lipinski definition) is 1. The van der Waals surface area contributed by atoms with Crippen LogP contribution in [0.15, 0.2) is 41.2 Å². The van der Waals surface area contributed by atoms with Crippen molar-refractivity contribution in [3.8, 4) is 0 Å². The maximum Gasteiger partial charge on any atom is 0.213 e. The van der Waals surface area contributed by atoms with E-state index in [2.05, 4.69) is 50.7 Å². The Morgan fingerprint density at radius 3 is 2.71 bits per heavy atom. The summed E-state index contributed by atoms with van der Waals surface area (Å²) >= 11 is 0. The highest BCUT2D eigenvalue weighted by Crippen LogP contribution is 2.12. The first-order valence-electron chi connectivity index (χ1n) is 7.65. The first-order chi connectivity index (χ1) is 10.4. The molecule has 0 unspecified atom stereocenters. The van der Waals surface area contributed by atoms with Crippen molar-refractivity contribution in [1.82, 2.24) is 20.4 Å². The third-order valence-electron chi connectivity index (χ3n) is 4.10. The molecule has 0 atom stereocenters. The Labute approximate surface area is 125 Å². The number of rotatable bonds is 6. The van der Waals surface area contributed by atoms with E-state index in [1.54, 1.807) is 0 Å². The average Bonchev–Trinajstić information content (AvgIpc) is 3.06. The van der Waals surface area contributed by atoms with Gasteiger partial charge >= 0.3 is 0 Å². The Kier molecular flexibility index (Phi) is 4.97. The molecule has 1 aromatic carbocycles. The summed E-state index contributed by atoms with van der Waals surface area (Å²) in [5, 5.41) is 7.33. The maximum absolute atomic E-state index is 4.74. The highest BCUT2D eigenvalue weighted by atomic mass is 16.5. The molecular weight excluding hydrogens is 264 g/mol. The molecule has 112 valence electrons. The number of hydrogen-bond acceptors (Lipinski definition) is 5. The second kappa shape index (κ2) is 7.33. The van der Waals surface area contributed by atoms with Gasteiger partial charge in [0, 0.05) is 12.6 Å². The van der Waals surface area contributed by atoms with E-state index in [1.807, 2.05) is 0 Å². The van der Waals surface area contributed by atoms with Crippen molar-refractivity contribution in [2.75, 3.05) is 19.6 Å². The summed E-state index contributed by atoms with van der Waals surface area (Å²) in [4.78, 5) is 6.58. The topological polar surface area (TPSA) is 54.2 Å². The molecule has 1 saturated heterocycles. The summed E-state index contributed by atoms with van der Waals surface area (Å²) in [7, 11) is 0. The number of likely N-dealkylation sites (tertiary alicyclic amines) is 1. The highest BCUT2D eigenvalue weighted by Gasteiger charge is 2.18. The number of piperidine rings is 1. The maximum atomic E-state index is 4.74. The highest BCUT2D eigenvalue weighted by molar-refractivity contribution is 5.14. The van der Waals surface area contributed by atoms with Crippen molar-refractivity contribution in [2.45, 2.75) is 31.8 Å². The average molecular weight is 286 g/mol. The van der Waals surface area contributed by atoms with Gasteiger partial charge in [-0.25, -0.2) is 0 Å². The van der Waals surface area contributed by atoms with Gasteiger partial charge in [0.1, 0.15) is 0 Å². The van der Waals surface area contributed by atoms with E-state index in [1.165, 1.54) is 24.8 Å². The van der Waals surface area contributed by atoms with Crippen LogP contribution in [0, 0.1) is 0 Å². The van der Waals surface area contributed by atoms with Crippen molar-refractivity contribution in [3.05, 3.63) is 48.1 Å².